The number of para-hydroxylation sites is 1. The Bertz CT molecular complexity index is 651. The molecular weight excluding hydrogens is 676 g/mol. The van der Waals surface area contributed by atoms with E-state index in [1.165, 1.54) is 45.3 Å². The number of ether oxygens (including phenoxy) is 2. The highest BCUT2D eigenvalue weighted by Crippen LogP contribution is 2.25. The van der Waals surface area contributed by atoms with Gasteiger partial charge in [0.1, 0.15) is 5.75 Å². The normalized spacial score (nSPS) is 9.83. The molecule has 1 aromatic carbocycles. The average Bonchev–Trinajstić information content (AvgIpc) is 3.07. The highest BCUT2D eigenvalue weighted by molar-refractivity contribution is 5.85. The molecule has 301 valence electrons. The van der Waals surface area contributed by atoms with E-state index in [2.05, 4.69) is 76.2 Å². The predicted octanol–water partition coefficient (Wildman–Crippen LogP) is 8.00. The maximum absolute atomic E-state index is 11.0. The van der Waals surface area contributed by atoms with Crippen LogP contribution in [0.2, 0.25) is 0 Å². The number of aliphatic carboxylic acids is 1. The molecule has 0 aromatic heterocycles. The molecule has 0 spiro atoms. The van der Waals surface area contributed by atoms with E-state index in [4.69, 9.17) is 60.5 Å². The molecule has 13 nitrogen and oxygen atoms in total. The van der Waals surface area contributed by atoms with Gasteiger partial charge in [0, 0.05) is 13.3 Å². The number of hydrogen-bond acceptors (Lipinski definition) is 3. The van der Waals surface area contributed by atoms with Gasteiger partial charge >= 0.3 is 5.97 Å². The smallest absolute Gasteiger partial charge is 0.334 e. The Morgan fingerprint density at radius 2 is 0.885 bits per heavy atom. The van der Waals surface area contributed by atoms with Gasteiger partial charge in [-0.25, -0.2) is 50.8 Å². The van der Waals surface area contributed by atoms with Crippen LogP contribution in [0.25, 0.3) is 0 Å². The van der Waals surface area contributed by atoms with Gasteiger partial charge < -0.3 is 14.6 Å². The summed E-state index contributed by atoms with van der Waals surface area (Å²) >= 11 is 0. The van der Waals surface area contributed by atoms with Gasteiger partial charge in [0.25, 0.3) is 5.79 Å². The minimum atomic E-state index is -1.12. The molecule has 1 unspecified atom stereocenters. The standard InChI is InChI=1S/C21H31O4.9C2H4O/c1-4-5-6-7-8-9-13-16-21(3,24-17-18(2)20(22)23)25-19-14-11-10-12-15-19;9*1-2-3/h10-12,14-15,17H,3-9,13,16H2,1-2H3,(H,22,23);9*1-2H2. The SMILES string of the molecule is [CH2]C(CCCCCCCCC)(OC=C(C)C(=O)O)Oc1ccccc1.[CH2]C[O].[CH2]C[O].[CH2]C[O].[CH2]C[O].[CH2]C[O].[CH2]C[O].[CH2]C[O].[CH2]C[O].[CH2]C[O]. The van der Waals surface area contributed by atoms with Crippen molar-refractivity contribution in [3.8, 4) is 5.75 Å². The highest BCUT2D eigenvalue weighted by Gasteiger charge is 2.27. The maximum Gasteiger partial charge on any atom is 0.334 e. The van der Waals surface area contributed by atoms with Gasteiger partial charge in [-0.1, -0.05) is 63.6 Å². The van der Waals surface area contributed by atoms with Crippen LogP contribution in [-0.2, 0) is 55.5 Å². The summed E-state index contributed by atoms with van der Waals surface area (Å²) in [6, 6.07) is 9.33. The molecular formula is C39H67O13. The largest absolute Gasteiger partial charge is 0.478 e. The summed E-state index contributed by atoms with van der Waals surface area (Å²) in [5.41, 5.74) is 0.115. The van der Waals surface area contributed by atoms with Crippen molar-refractivity contribution in [2.45, 2.75) is 71.0 Å². The number of benzene rings is 1. The lowest BCUT2D eigenvalue weighted by Gasteiger charge is -2.30. The van der Waals surface area contributed by atoms with E-state index >= 15 is 0 Å². The Labute approximate surface area is 318 Å². The first-order valence-corrected chi connectivity index (χ1v) is 16.2. The van der Waals surface area contributed by atoms with Crippen LogP contribution in [0.3, 0.4) is 0 Å². The zero-order valence-corrected chi connectivity index (χ0v) is 31.9. The first-order valence-electron chi connectivity index (χ1n) is 16.2. The van der Waals surface area contributed by atoms with Crippen molar-refractivity contribution in [1.29, 1.82) is 0 Å². The molecule has 1 aromatic rings. The van der Waals surface area contributed by atoms with Gasteiger partial charge in [0.2, 0.25) is 0 Å². The molecule has 52 heavy (non-hydrogen) atoms. The molecule has 0 amide bonds. The van der Waals surface area contributed by atoms with Crippen LogP contribution in [0.15, 0.2) is 42.2 Å². The van der Waals surface area contributed by atoms with Gasteiger partial charge in [-0.15, -0.1) is 0 Å². The lowest BCUT2D eigenvalue weighted by molar-refractivity contribution is -0.134. The van der Waals surface area contributed by atoms with Gasteiger partial charge in [-0.05, 0) is 87.8 Å². The fourth-order valence-corrected chi connectivity index (χ4v) is 2.43. The molecule has 13 heteroatoms. The van der Waals surface area contributed by atoms with E-state index in [1.807, 2.05) is 30.3 Å². The number of carboxylic acid groups (broad SMARTS) is 1. The zero-order valence-electron chi connectivity index (χ0n) is 31.9. The van der Waals surface area contributed by atoms with Crippen molar-refractivity contribution in [2.24, 2.45) is 0 Å². The van der Waals surface area contributed by atoms with Crippen molar-refractivity contribution in [3.05, 3.63) is 111 Å². The Balaban J connectivity index is -0.0000000794. The summed E-state index contributed by atoms with van der Waals surface area (Å²) < 4.78 is 11.5. The number of carbonyl (C=O) groups is 1. The first-order chi connectivity index (χ1) is 24.7. The summed E-state index contributed by atoms with van der Waals surface area (Å²) in [7, 11) is 0. The Hall–Kier alpha value is -2.33. The molecule has 1 atom stereocenters. The van der Waals surface area contributed by atoms with E-state index in [-0.39, 0.29) is 65.0 Å². The fraction of sp³-hybridized carbons (Fsp3) is 0.513. The number of rotatable bonds is 13. The van der Waals surface area contributed by atoms with Crippen molar-refractivity contribution in [3.63, 3.8) is 0 Å². The topological polar surface area (TPSA) is 235 Å². The molecule has 0 saturated heterocycles. The highest BCUT2D eigenvalue weighted by atomic mass is 16.7. The number of unbranched alkanes of at least 4 members (excludes halogenated alkanes) is 6. The minimum Gasteiger partial charge on any atom is -0.478 e. The third kappa shape index (κ3) is 110. The quantitative estimate of drug-likeness (QED) is 0.0914. The van der Waals surface area contributed by atoms with Crippen LogP contribution in [0.4, 0.5) is 0 Å². The van der Waals surface area contributed by atoms with Gasteiger partial charge in [0.05, 0.1) is 71.3 Å². The number of hydrogen-bond donors (Lipinski definition) is 1. The number of carboxylic acids is 1. The molecule has 0 fully saturated rings. The van der Waals surface area contributed by atoms with Crippen molar-refractivity contribution >= 4 is 5.97 Å². The van der Waals surface area contributed by atoms with Gasteiger partial charge in [-0.2, -0.15) is 0 Å². The molecule has 1 rings (SSSR count). The van der Waals surface area contributed by atoms with Crippen LogP contribution < -0.4 is 4.74 Å². The van der Waals surface area contributed by atoms with Crippen LogP contribution >= 0.6 is 0 Å². The first kappa shape index (κ1) is 71.1. The van der Waals surface area contributed by atoms with Crippen molar-refractivity contribution in [1.82, 2.24) is 0 Å². The van der Waals surface area contributed by atoms with E-state index < -0.39 is 11.8 Å². The van der Waals surface area contributed by atoms with Crippen LogP contribution in [0.1, 0.15) is 65.2 Å². The van der Waals surface area contributed by atoms with E-state index in [1.54, 1.807) is 0 Å². The van der Waals surface area contributed by atoms with Crippen LogP contribution in [-0.4, -0.2) is 76.3 Å². The van der Waals surface area contributed by atoms with Crippen LogP contribution in [0.5, 0.6) is 5.75 Å². The monoisotopic (exact) mass is 743 g/mol. The summed E-state index contributed by atoms with van der Waals surface area (Å²) in [5, 5.41) is 88.4. The third-order valence-corrected chi connectivity index (χ3v) is 4.00. The molecule has 0 heterocycles. The second kappa shape index (κ2) is 77.9. The third-order valence-electron chi connectivity index (χ3n) is 4.00. The average molecular weight is 744 g/mol. The van der Waals surface area contributed by atoms with Crippen molar-refractivity contribution in [2.75, 3.05) is 59.5 Å². The Morgan fingerprint density at radius 1 is 0.596 bits per heavy atom. The molecule has 1 N–H and O–H groups in total. The second-order valence-corrected chi connectivity index (χ2v) is 8.26. The van der Waals surface area contributed by atoms with Crippen molar-refractivity contribution < 1.29 is 65.3 Å². The van der Waals surface area contributed by atoms with Crippen LogP contribution in [0, 0.1) is 69.2 Å². The second-order valence-electron chi connectivity index (χ2n) is 8.26. The molecule has 0 aliphatic heterocycles. The zero-order chi connectivity index (χ0) is 42.9. The summed E-state index contributed by atoms with van der Waals surface area (Å²) in [6.45, 7) is 31.9. The summed E-state index contributed by atoms with van der Waals surface area (Å²) in [4.78, 5) is 11.0. The lowest BCUT2D eigenvalue weighted by Crippen LogP contribution is -2.34. The fourth-order valence-electron chi connectivity index (χ4n) is 2.43. The minimum absolute atomic E-state index is 0.115. The lowest BCUT2D eigenvalue weighted by atomic mass is 10.1. The molecule has 0 aliphatic rings. The molecule has 0 bridgehead atoms. The Kier molecular flexibility index (Phi) is 107. The van der Waals surface area contributed by atoms with Gasteiger partial charge in [-0.3, -0.25) is 0 Å². The predicted molar refractivity (Wildman–Crippen MR) is 198 cm³/mol. The van der Waals surface area contributed by atoms with E-state index in [9.17, 15) is 4.79 Å². The molecule has 19 radical (unpaired) electrons. The summed E-state index contributed by atoms with van der Waals surface area (Å²) in [6.07, 6.45) is 10.1. The maximum atomic E-state index is 11.0. The van der Waals surface area contributed by atoms with E-state index in [0.29, 0.717) is 12.2 Å². The molecule has 0 aliphatic carbocycles. The Morgan fingerprint density at radius 3 is 1.17 bits per heavy atom. The summed E-state index contributed by atoms with van der Waals surface area (Å²) in [5.74, 6) is -1.48. The van der Waals surface area contributed by atoms with E-state index in [0.717, 1.165) is 12.8 Å². The van der Waals surface area contributed by atoms with Gasteiger partial charge in [0.15, 0.2) is 0 Å². The molecule has 0 saturated carbocycles.